The average Bonchev–Trinajstić information content (AvgIpc) is 3.07. The Hall–Kier alpha value is -0.990. The van der Waals surface area contributed by atoms with Crippen molar-refractivity contribution in [3.05, 3.63) is 35.0 Å². The Labute approximate surface area is 106 Å². The number of fused-ring (bicyclic) bond motifs is 1. The molecule has 1 aromatic carbocycles. The van der Waals surface area contributed by atoms with E-state index in [1.165, 1.54) is 12.8 Å². The van der Waals surface area contributed by atoms with Crippen molar-refractivity contribution in [2.75, 3.05) is 0 Å². The highest BCUT2D eigenvalue weighted by molar-refractivity contribution is 6.34. The van der Waals surface area contributed by atoms with Gasteiger partial charge in [-0.2, -0.15) is 0 Å². The summed E-state index contributed by atoms with van der Waals surface area (Å²) in [5, 5.41) is 1.69. The van der Waals surface area contributed by atoms with E-state index in [1.807, 2.05) is 24.3 Å². The molecule has 2 unspecified atom stereocenters. The first kappa shape index (κ1) is 11.1. The van der Waals surface area contributed by atoms with Crippen LogP contribution in [-0.4, -0.2) is 0 Å². The van der Waals surface area contributed by atoms with Gasteiger partial charge in [-0.25, -0.2) is 0 Å². The predicted octanol–water partition coefficient (Wildman–Crippen LogP) is 4.13. The van der Waals surface area contributed by atoms with Crippen LogP contribution in [0.1, 0.15) is 31.6 Å². The van der Waals surface area contributed by atoms with Crippen LogP contribution in [0.15, 0.2) is 28.7 Å². The first-order chi connectivity index (χ1) is 8.16. The van der Waals surface area contributed by atoms with Crippen LogP contribution in [0.2, 0.25) is 5.02 Å². The van der Waals surface area contributed by atoms with Crippen molar-refractivity contribution in [3.8, 4) is 0 Å². The Bertz CT molecular complexity index is 544. The van der Waals surface area contributed by atoms with Gasteiger partial charge < -0.3 is 10.2 Å². The second-order valence-corrected chi connectivity index (χ2v) is 5.44. The zero-order valence-electron chi connectivity index (χ0n) is 9.82. The molecule has 0 saturated heterocycles. The van der Waals surface area contributed by atoms with Gasteiger partial charge in [-0.1, -0.05) is 30.7 Å². The summed E-state index contributed by atoms with van der Waals surface area (Å²) >= 11 is 6.09. The molecule has 2 N–H and O–H groups in total. The molecule has 1 fully saturated rings. The van der Waals surface area contributed by atoms with Gasteiger partial charge >= 0.3 is 0 Å². The quantitative estimate of drug-likeness (QED) is 0.888. The fourth-order valence-electron chi connectivity index (χ4n) is 2.39. The van der Waals surface area contributed by atoms with E-state index in [0.717, 1.165) is 22.6 Å². The SMILES string of the molecule is CC(C1CC1)C(N)c1cc2cccc(Cl)c2o1. The van der Waals surface area contributed by atoms with Crippen molar-refractivity contribution < 1.29 is 4.42 Å². The molecule has 1 aliphatic carbocycles. The lowest BCUT2D eigenvalue weighted by Gasteiger charge is -2.16. The zero-order valence-corrected chi connectivity index (χ0v) is 10.6. The molecule has 17 heavy (non-hydrogen) atoms. The third-order valence-electron chi connectivity index (χ3n) is 3.78. The predicted molar refractivity (Wildman–Crippen MR) is 70.0 cm³/mol. The Balaban J connectivity index is 1.97. The Morgan fingerprint density at radius 1 is 1.41 bits per heavy atom. The van der Waals surface area contributed by atoms with Crippen LogP contribution >= 0.6 is 11.6 Å². The molecule has 0 radical (unpaired) electrons. The van der Waals surface area contributed by atoms with Crippen molar-refractivity contribution in [2.45, 2.75) is 25.8 Å². The third-order valence-corrected chi connectivity index (χ3v) is 4.07. The van der Waals surface area contributed by atoms with Gasteiger partial charge in [0.25, 0.3) is 0 Å². The normalized spacial score (nSPS) is 19.5. The smallest absolute Gasteiger partial charge is 0.152 e. The molecule has 90 valence electrons. The van der Waals surface area contributed by atoms with Gasteiger partial charge in [0, 0.05) is 5.39 Å². The summed E-state index contributed by atoms with van der Waals surface area (Å²) in [6, 6.07) is 7.77. The molecule has 2 atom stereocenters. The third kappa shape index (κ3) is 1.96. The molecule has 2 nitrogen and oxygen atoms in total. The highest BCUT2D eigenvalue weighted by atomic mass is 35.5. The maximum atomic E-state index is 6.26. The number of halogens is 1. The molecule has 0 aliphatic heterocycles. The minimum Gasteiger partial charge on any atom is -0.458 e. The molecular weight excluding hydrogens is 234 g/mol. The molecule has 1 aromatic heterocycles. The lowest BCUT2D eigenvalue weighted by molar-refractivity contribution is 0.363. The summed E-state index contributed by atoms with van der Waals surface area (Å²) in [7, 11) is 0. The summed E-state index contributed by atoms with van der Waals surface area (Å²) in [5.74, 6) is 2.11. The van der Waals surface area contributed by atoms with Crippen LogP contribution < -0.4 is 5.73 Å². The molecule has 1 saturated carbocycles. The fraction of sp³-hybridized carbons (Fsp3) is 0.429. The van der Waals surface area contributed by atoms with Gasteiger partial charge in [0.2, 0.25) is 0 Å². The molecular formula is C14H16ClNO. The van der Waals surface area contributed by atoms with E-state index in [9.17, 15) is 0 Å². The van der Waals surface area contributed by atoms with E-state index in [4.69, 9.17) is 21.8 Å². The molecule has 3 rings (SSSR count). The average molecular weight is 250 g/mol. The number of hydrogen-bond acceptors (Lipinski definition) is 2. The van der Waals surface area contributed by atoms with E-state index in [2.05, 4.69) is 6.92 Å². The number of rotatable bonds is 3. The Morgan fingerprint density at radius 2 is 2.18 bits per heavy atom. The number of hydrogen-bond donors (Lipinski definition) is 1. The van der Waals surface area contributed by atoms with Gasteiger partial charge in [0.15, 0.2) is 5.58 Å². The van der Waals surface area contributed by atoms with E-state index >= 15 is 0 Å². The molecule has 0 spiro atoms. The van der Waals surface area contributed by atoms with Gasteiger partial charge in [0.1, 0.15) is 5.76 Å². The van der Waals surface area contributed by atoms with Crippen molar-refractivity contribution in [2.24, 2.45) is 17.6 Å². The first-order valence-corrected chi connectivity index (χ1v) is 6.48. The van der Waals surface area contributed by atoms with E-state index in [1.54, 1.807) is 0 Å². The zero-order chi connectivity index (χ0) is 12.0. The summed E-state index contributed by atoms with van der Waals surface area (Å²) < 4.78 is 5.80. The Morgan fingerprint density at radius 3 is 2.82 bits per heavy atom. The van der Waals surface area contributed by atoms with Crippen molar-refractivity contribution in [1.82, 2.24) is 0 Å². The van der Waals surface area contributed by atoms with Crippen molar-refractivity contribution in [3.63, 3.8) is 0 Å². The largest absolute Gasteiger partial charge is 0.458 e. The van der Waals surface area contributed by atoms with Gasteiger partial charge in [0.05, 0.1) is 11.1 Å². The molecule has 0 amide bonds. The standard InChI is InChI=1S/C14H16ClNO/c1-8(9-5-6-9)13(16)12-7-10-3-2-4-11(15)14(10)17-12/h2-4,7-9,13H,5-6,16H2,1H3. The highest BCUT2D eigenvalue weighted by Crippen LogP contribution is 2.42. The number of para-hydroxylation sites is 1. The summed E-state index contributed by atoms with van der Waals surface area (Å²) in [5.41, 5.74) is 7.01. The van der Waals surface area contributed by atoms with Gasteiger partial charge in [-0.3, -0.25) is 0 Å². The fourth-order valence-corrected chi connectivity index (χ4v) is 2.61. The van der Waals surface area contributed by atoms with Gasteiger partial charge in [-0.15, -0.1) is 0 Å². The highest BCUT2D eigenvalue weighted by Gasteiger charge is 2.33. The number of furan rings is 1. The number of nitrogens with two attached hydrogens (primary N) is 1. The molecule has 1 heterocycles. The summed E-state index contributed by atoms with van der Waals surface area (Å²) in [6.45, 7) is 2.21. The lowest BCUT2D eigenvalue weighted by Crippen LogP contribution is -2.19. The minimum absolute atomic E-state index is 0.0223. The van der Waals surface area contributed by atoms with E-state index < -0.39 is 0 Å². The first-order valence-electron chi connectivity index (χ1n) is 6.10. The maximum absolute atomic E-state index is 6.26. The van der Waals surface area contributed by atoms with Crippen LogP contribution in [0.5, 0.6) is 0 Å². The monoisotopic (exact) mass is 249 g/mol. The Kier molecular flexibility index (Phi) is 2.64. The molecule has 0 bridgehead atoms. The van der Waals surface area contributed by atoms with E-state index in [0.29, 0.717) is 10.9 Å². The van der Waals surface area contributed by atoms with Crippen LogP contribution in [0.25, 0.3) is 11.0 Å². The second kappa shape index (κ2) is 4.04. The topological polar surface area (TPSA) is 39.2 Å². The molecule has 1 aliphatic rings. The summed E-state index contributed by atoms with van der Waals surface area (Å²) in [4.78, 5) is 0. The maximum Gasteiger partial charge on any atom is 0.152 e. The number of benzene rings is 1. The molecule has 3 heteroatoms. The van der Waals surface area contributed by atoms with Crippen molar-refractivity contribution >= 4 is 22.6 Å². The van der Waals surface area contributed by atoms with Crippen LogP contribution in [-0.2, 0) is 0 Å². The van der Waals surface area contributed by atoms with Gasteiger partial charge in [-0.05, 0) is 36.8 Å². The van der Waals surface area contributed by atoms with Crippen LogP contribution in [0.3, 0.4) is 0 Å². The van der Waals surface area contributed by atoms with Crippen LogP contribution in [0, 0.1) is 11.8 Å². The second-order valence-electron chi connectivity index (χ2n) is 5.03. The minimum atomic E-state index is -0.0223. The summed E-state index contributed by atoms with van der Waals surface area (Å²) in [6.07, 6.45) is 2.60. The lowest BCUT2D eigenvalue weighted by atomic mass is 9.95. The van der Waals surface area contributed by atoms with Crippen molar-refractivity contribution in [1.29, 1.82) is 0 Å². The molecule has 2 aromatic rings. The van der Waals surface area contributed by atoms with E-state index in [-0.39, 0.29) is 6.04 Å². The van der Waals surface area contributed by atoms with Crippen LogP contribution in [0.4, 0.5) is 0 Å².